The van der Waals surface area contributed by atoms with E-state index in [-0.39, 0.29) is 11.5 Å². The quantitative estimate of drug-likeness (QED) is 0.302. The summed E-state index contributed by atoms with van der Waals surface area (Å²) in [5.41, 5.74) is 1.10. The van der Waals surface area contributed by atoms with E-state index in [4.69, 9.17) is 14.2 Å². The number of para-hydroxylation sites is 2. The Hall–Kier alpha value is -3.08. The van der Waals surface area contributed by atoms with Crippen molar-refractivity contribution >= 4 is 17.8 Å². The van der Waals surface area contributed by atoms with Crippen LogP contribution in [0.15, 0.2) is 48.5 Å². The molecule has 0 unspecified atom stereocenters. The van der Waals surface area contributed by atoms with Crippen LogP contribution >= 0.6 is 0 Å². The maximum absolute atomic E-state index is 12.2. The molecule has 0 aromatic heterocycles. The lowest BCUT2D eigenvalue weighted by Gasteiger charge is -2.13. The number of hydrogen-bond acceptors (Lipinski definition) is 5. The number of esters is 1. The first kappa shape index (κ1) is 18.7. The van der Waals surface area contributed by atoms with Crippen LogP contribution in [0.3, 0.4) is 0 Å². The summed E-state index contributed by atoms with van der Waals surface area (Å²) in [5, 5.41) is 0. The summed E-state index contributed by atoms with van der Waals surface area (Å²) in [6.45, 7) is 2.07. The molecule has 0 N–H and O–H groups in total. The van der Waals surface area contributed by atoms with Gasteiger partial charge in [0.15, 0.2) is 17.3 Å². The second-order valence-electron chi connectivity index (χ2n) is 6.44. The lowest BCUT2D eigenvalue weighted by atomic mass is 10.1. The van der Waals surface area contributed by atoms with Gasteiger partial charge in [-0.3, -0.25) is 4.79 Å². The van der Waals surface area contributed by atoms with Gasteiger partial charge in [-0.2, -0.15) is 0 Å². The van der Waals surface area contributed by atoms with Crippen molar-refractivity contribution in [3.8, 4) is 17.2 Å². The molecule has 1 saturated carbocycles. The molecule has 27 heavy (non-hydrogen) atoms. The summed E-state index contributed by atoms with van der Waals surface area (Å²) in [5.74, 6) is 1.34. The van der Waals surface area contributed by atoms with E-state index < -0.39 is 5.97 Å². The van der Waals surface area contributed by atoms with Crippen LogP contribution in [0, 0.1) is 5.92 Å². The van der Waals surface area contributed by atoms with E-state index in [2.05, 4.69) is 0 Å². The van der Waals surface area contributed by atoms with Gasteiger partial charge in [0.2, 0.25) is 0 Å². The molecule has 0 saturated heterocycles. The van der Waals surface area contributed by atoms with Crippen molar-refractivity contribution in [3.63, 3.8) is 0 Å². The smallest absolute Gasteiger partial charge is 0.336 e. The molecule has 0 spiro atoms. The summed E-state index contributed by atoms with van der Waals surface area (Å²) in [6, 6.07) is 12.2. The van der Waals surface area contributed by atoms with Gasteiger partial charge in [-0.25, -0.2) is 4.79 Å². The number of hydrogen-bond donors (Lipinski definition) is 0. The zero-order chi connectivity index (χ0) is 19.2. The Morgan fingerprint density at radius 1 is 1.07 bits per heavy atom. The molecule has 0 bridgehead atoms. The minimum Gasteiger partial charge on any atom is -0.493 e. The summed E-state index contributed by atoms with van der Waals surface area (Å²) >= 11 is 0. The Morgan fingerprint density at radius 2 is 1.81 bits per heavy atom. The molecule has 0 amide bonds. The van der Waals surface area contributed by atoms with Gasteiger partial charge in [0.1, 0.15) is 5.75 Å². The first-order chi connectivity index (χ1) is 13.1. The number of Topliss-reactive ketones (excluding diaryl/α,β-unsaturated/α-hetero) is 1. The number of carbonyl (C=O) groups excluding carboxylic acids is 2. The molecule has 2 aromatic rings. The van der Waals surface area contributed by atoms with E-state index in [1.54, 1.807) is 37.5 Å². The molecule has 0 aliphatic heterocycles. The molecule has 1 aliphatic rings. The van der Waals surface area contributed by atoms with Crippen LogP contribution in [-0.4, -0.2) is 25.5 Å². The monoisotopic (exact) mass is 366 g/mol. The predicted octanol–water partition coefficient (Wildman–Crippen LogP) is 4.31. The second-order valence-corrected chi connectivity index (χ2v) is 6.44. The van der Waals surface area contributed by atoms with Gasteiger partial charge in [0.05, 0.1) is 19.3 Å². The molecule has 5 nitrogen and oxygen atoms in total. The number of benzene rings is 2. The SMILES string of the molecule is COc1cccc(C=CC(=O)Oc2ccccc2C(C)=O)c1OCC1CC1. The van der Waals surface area contributed by atoms with E-state index in [0.29, 0.717) is 29.6 Å². The highest BCUT2D eigenvalue weighted by Crippen LogP contribution is 2.35. The van der Waals surface area contributed by atoms with Crippen molar-refractivity contribution in [3.05, 3.63) is 59.7 Å². The lowest BCUT2D eigenvalue weighted by Crippen LogP contribution is -2.07. The van der Waals surface area contributed by atoms with Gasteiger partial charge in [-0.15, -0.1) is 0 Å². The third-order valence-electron chi connectivity index (χ3n) is 4.27. The highest BCUT2D eigenvalue weighted by molar-refractivity contribution is 5.98. The number of carbonyl (C=O) groups is 2. The number of ketones is 1. The number of methoxy groups -OCH3 is 1. The predicted molar refractivity (Wildman–Crippen MR) is 102 cm³/mol. The first-order valence-corrected chi connectivity index (χ1v) is 8.88. The number of rotatable bonds is 8. The molecule has 140 valence electrons. The summed E-state index contributed by atoms with van der Waals surface area (Å²) < 4.78 is 16.6. The molecular formula is C22H22O5. The van der Waals surface area contributed by atoms with E-state index in [1.807, 2.05) is 18.2 Å². The van der Waals surface area contributed by atoms with Gasteiger partial charge in [0, 0.05) is 11.6 Å². The van der Waals surface area contributed by atoms with Gasteiger partial charge in [-0.1, -0.05) is 24.3 Å². The average Bonchev–Trinajstić information content (AvgIpc) is 3.49. The topological polar surface area (TPSA) is 61.8 Å². The summed E-state index contributed by atoms with van der Waals surface area (Å²) in [4.78, 5) is 23.8. The zero-order valence-electron chi connectivity index (χ0n) is 15.4. The van der Waals surface area contributed by atoms with E-state index >= 15 is 0 Å². The van der Waals surface area contributed by atoms with Crippen molar-refractivity contribution in [1.29, 1.82) is 0 Å². The average molecular weight is 366 g/mol. The molecule has 1 fully saturated rings. The van der Waals surface area contributed by atoms with Gasteiger partial charge in [0.25, 0.3) is 0 Å². The highest BCUT2D eigenvalue weighted by Gasteiger charge is 2.23. The fraction of sp³-hybridized carbons (Fsp3) is 0.273. The van der Waals surface area contributed by atoms with E-state index in [0.717, 1.165) is 5.56 Å². The Morgan fingerprint density at radius 3 is 2.52 bits per heavy atom. The maximum atomic E-state index is 12.2. The van der Waals surface area contributed by atoms with Crippen molar-refractivity contribution in [1.82, 2.24) is 0 Å². The van der Waals surface area contributed by atoms with Crippen LogP contribution in [0.1, 0.15) is 35.7 Å². The largest absolute Gasteiger partial charge is 0.493 e. The molecule has 0 heterocycles. The molecule has 5 heteroatoms. The van der Waals surface area contributed by atoms with Crippen molar-refractivity contribution in [2.75, 3.05) is 13.7 Å². The Kier molecular flexibility index (Phi) is 5.91. The third-order valence-corrected chi connectivity index (χ3v) is 4.27. The summed E-state index contributed by atoms with van der Waals surface area (Å²) in [6.07, 6.45) is 5.31. The zero-order valence-corrected chi connectivity index (χ0v) is 15.4. The fourth-order valence-electron chi connectivity index (χ4n) is 2.61. The molecule has 0 atom stereocenters. The standard InChI is InChI=1S/C22H22O5/c1-15(23)18-7-3-4-8-19(18)27-21(24)13-12-17-6-5-9-20(25-2)22(17)26-14-16-10-11-16/h3-9,12-13,16H,10-11,14H2,1-2H3. The van der Waals surface area contributed by atoms with E-state index in [9.17, 15) is 9.59 Å². The van der Waals surface area contributed by atoms with Gasteiger partial charge in [-0.05, 0) is 50.0 Å². The Balaban J connectivity index is 1.75. The lowest BCUT2D eigenvalue weighted by molar-refractivity contribution is -0.128. The molecule has 0 radical (unpaired) electrons. The fourth-order valence-corrected chi connectivity index (χ4v) is 2.61. The van der Waals surface area contributed by atoms with Gasteiger partial charge >= 0.3 is 5.97 Å². The van der Waals surface area contributed by atoms with Crippen LogP contribution in [0.5, 0.6) is 17.2 Å². The third kappa shape index (κ3) is 4.97. The molecular weight excluding hydrogens is 344 g/mol. The highest BCUT2D eigenvalue weighted by atomic mass is 16.5. The Labute approximate surface area is 158 Å². The van der Waals surface area contributed by atoms with Crippen molar-refractivity contribution in [2.24, 2.45) is 5.92 Å². The van der Waals surface area contributed by atoms with Crippen LogP contribution in [0.2, 0.25) is 0 Å². The molecule has 2 aromatic carbocycles. The van der Waals surface area contributed by atoms with Crippen LogP contribution in [-0.2, 0) is 4.79 Å². The molecule has 1 aliphatic carbocycles. The minimum atomic E-state index is -0.570. The van der Waals surface area contributed by atoms with E-state index in [1.165, 1.54) is 25.8 Å². The van der Waals surface area contributed by atoms with Crippen LogP contribution in [0.4, 0.5) is 0 Å². The normalized spacial score (nSPS) is 13.4. The Bertz CT molecular complexity index is 865. The minimum absolute atomic E-state index is 0.161. The maximum Gasteiger partial charge on any atom is 0.336 e. The van der Waals surface area contributed by atoms with Crippen molar-refractivity contribution < 1.29 is 23.8 Å². The summed E-state index contributed by atoms with van der Waals surface area (Å²) in [7, 11) is 1.58. The molecule has 3 rings (SSSR count). The van der Waals surface area contributed by atoms with Crippen molar-refractivity contribution in [2.45, 2.75) is 19.8 Å². The second kappa shape index (κ2) is 8.54. The van der Waals surface area contributed by atoms with Gasteiger partial charge < -0.3 is 14.2 Å². The first-order valence-electron chi connectivity index (χ1n) is 8.88. The van der Waals surface area contributed by atoms with Crippen LogP contribution in [0.25, 0.3) is 6.08 Å². The number of ether oxygens (including phenoxy) is 3. The van der Waals surface area contributed by atoms with Crippen LogP contribution < -0.4 is 14.2 Å².